The van der Waals surface area contributed by atoms with Crippen molar-refractivity contribution >= 4 is 0 Å². The first-order chi connectivity index (χ1) is 6.20. The summed E-state index contributed by atoms with van der Waals surface area (Å²) in [4.78, 5) is 0. The Hall–Kier alpha value is -0.860. The molecule has 2 heteroatoms. The molecule has 1 aromatic rings. The predicted octanol–water partition coefficient (Wildman–Crippen LogP) is 1.52. The van der Waals surface area contributed by atoms with E-state index in [-0.39, 0.29) is 6.04 Å². The molecule has 0 aliphatic rings. The Morgan fingerprint density at radius 2 is 2.08 bits per heavy atom. The van der Waals surface area contributed by atoms with Gasteiger partial charge in [0.15, 0.2) is 0 Å². The molecule has 0 heterocycles. The third-order valence-electron chi connectivity index (χ3n) is 2.45. The van der Waals surface area contributed by atoms with Gasteiger partial charge in [-0.1, -0.05) is 25.1 Å². The summed E-state index contributed by atoms with van der Waals surface area (Å²) in [6.45, 7) is 4.77. The van der Waals surface area contributed by atoms with Crippen LogP contribution in [-0.2, 0) is 6.42 Å². The van der Waals surface area contributed by atoms with Gasteiger partial charge in [0, 0.05) is 12.6 Å². The van der Waals surface area contributed by atoms with E-state index >= 15 is 0 Å². The first-order valence-electron chi connectivity index (χ1n) is 4.74. The maximum absolute atomic E-state index is 5.91. The van der Waals surface area contributed by atoms with Gasteiger partial charge in [-0.15, -0.1) is 0 Å². The van der Waals surface area contributed by atoms with Gasteiger partial charge in [0.05, 0.1) is 0 Å². The van der Waals surface area contributed by atoms with Crippen LogP contribution < -0.4 is 11.5 Å². The van der Waals surface area contributed by atoms with Crippen molar-refractivity contribution in [2.24, 2.45) is 11.5 Å². The van der Waals surface area contributed by atoms with Crippen molar-refractivity contribution in [2.75, 3.05) is 6.54 Å². The summed E-state index contributed by atoms with van der Waals surface area (Å²) in [5.74, 6) is 0. The molecule has 2 nitrogen and oxygen atoms in total. The van der Waals surface area contributed by atoms with E-state index in [1.54, 1.807) is 0 Å². The van der Waals surface area contributed by atoms with Crippen molar-refractivity contribution < 1.29 is 0 Å². The minimum atomic E-state index is -0.0187. The van der Waals surface area contributed by atoms with Crippen molar-refractivity contribution in [2.45, 2.75) is 26.3 Å². The van der Waals surface area contributed by atoms with E-state index in [1.165, 1.54) is 16.7 Å². The largest absolute Gasteiger partial charge is 0.329 e. The zero-order chi connectivity index (χ0) is 9.84. The Morgan fingerprint density at radius 1 is 1.38 bits per heavy atom. The van der Waals surface area contributed by atoms with Gasteiger partial charge in [0.1, 0.15) is 0 Å². The van der Waals surface area contributed by atoms with Gasteiger partial charge in [-0.25, -0.2) is 0 Å². The van der Waals surface area contributed by atoms with Crippen molar-refractivity contribution in [1.29, 1.82) is 0 Å². The highest BCUT2D eigenvalue weighted by atomic mass is 14.7. The summed E-state index contributed by atoms with van der Waals surface area (Å²) < 4.78 is 0. The molecule has 0 bridgehead atoms. The Labute approximate surface area is 79.9 Å². The minimum absolute atomic E-state index is 0.0187. The van der Waals surface area contributed by atoms with Crippen LogP contribution in [0.3, 0.4) is 0 Å². The lowest BCUT2D eigenvalue weighted by Gasteiger charge is -2.15. The second-order valence-electron chi connectivity index (χ2n) is 3.34. The molecule has 0 saturated heterocycles. The zero-order valence-corrected chi connectivity index (χ0v) is 8.38. The number of aryl methyl sites for hydroxylation is 1. The molecule has 1 unspecified atom stereocenters. The second kappa shape index (κ2) is 4.40. The smallest absolute Gasteiger partial charge is 0.0422 e. The van der Waals surface area contributed by atoms with Crippen molar-refractivity contribution in [3.63, 3.8) is 0 Å². The molecule has 13 heavy (non-hydrogen) atoms. The van der Waals surface area contributed by atoms with Gasteiger partial charge < -0.3 is 11.5 Å². The average Bonchev–Trinajstić information content (AvgIpc) is 2.16. The fourth-order valence-electron chi connectivity index (χ4n) is 1.68. The van der Waals surface area contributed by atoms with Gasteiger partial charge in [-0.2, -0.15) is 0 Å². The van der Waals surface area contributed by atoms with E-state index in [9.17, 15) is 0 Å². The van der Waals surface area contributed by atoms with E-state index in [2.05, 4.69) is 26.0 Å². The highest BCUT2D eigenvalue weighted by molar-refractivity contribution is 5.36. The molecule has 1 aromatic carbocycles. The van der Waals surface area contributed by atoms with Crippen LogP contribution in [0.4, 0.5) is 0 Å². The van der Waals surface area contributed by atoms with E-state index in [4.69, 9.17) is 11.5 Å². The summed E-state index contributed by atoms with van der Waals surface area (Å²) in [7, 11) is 0. The highest BCUT2D eigenvalue weighted by Crippen LogP contribution is 2.19. The quantitative estimate of drug-likeness (QED) is 0.737. The number of benzene rings is 1. The van der Waals surface area contributed by atoms with Crippen LogP contribution >= 0.6 is 0 Å². The first-order valence-corrected chi connectivity index (χ1v) is 4.74. The Balaban J connectivity index is 3.12. The molecule has 4 N–H and O–H groups in total. The molecule has 0 radical (unpaired) electrons. The van der Waals surface area contributed by atoms with Gasteiger partial charge in [0.2, 0.25) is 0 Å². The Kier molecular flexibility index (Phi) is 3.46. The molecule has 1 atom stereocenters. The SMILES string of the molecule is CCc1c(C)cccc1C(N)CN. The number of nitrogens with two attached hydrogens (primary N) is 2. The number of hydrogen-bond acceptors (Lipinski definition) is 2. The van der Waals surface area contributed by atoms with Crippen LogP contribution in [0.1, 0.15) is 29.7 Å². The van der Waals surface area contributed by atoms with Crippen molar-refractivity contribution in [3.05, 3.63) is 34.9 Å². The predicted molar refractivity (Wildman–Crippen MR) is 56.5 cm³/mol. The summed E-state index contributed by atoms with van der Waals surface area (Å²) in [6, 6.07) is 6.21. The molecule has 0 amide bonds. The van der Waals surface area contributed by atoms with Gasteiger partial charge in [-0.3, -0.25) is 0 Å². The fraction of sp³-hybridized carbons (Fsp3) is 0.455. The summed E-state index contributed by atoms with van der Waals surface area (Å²) in [6.07, 6.45) is 1.02. The molecular weight excluding hydrogens is 160 g/mol. The third-order valence-corrected chi connectivity index (χ3v) is 2.45. The Bertz CT molecular complexity index is 281. The second-order valence-corrected chi connectivity index (χ2v) is 3.34. The lowest BCUT2D eigenvalue weighted by Crippen LogP contribution is -2.22. The minimum Gasteiger partial charge on any atom is -0.329 e. The number of hydrogen-bond donors (Lipinski definition) is 2. The molecule has 0 aromatic heterocycles. The molecule has 0 spiro atoms. The summed E-state index contributed by atoms with van der Waals surface area (Å²) >= 11 is 0. The van der Waals surface area contributed by atoms with Crippen LogP contribution in [0, 0.1) is 6.92 Å². The van der Waals surface area contributed by atoms with E-state index in [0.717, 1.165) is 6.42 Å². The van der Waals surface area contributed by atoms with Gasteiger partial charge >= 0.3 is 0 Å². The van der Waals surface area contributed by atoms with E-state index in [1.807, 2.05) is 6.07 Å². The summed E-state index contributed by atoms with van der Waals surface area (Å²) in [5, 5.41) is 0. The first kappa shape index (κ1) is 10.2. The molecular formula is C11H18N2. The monoisotopic (exact) mass is 178 g/mol. The normalized spacial score (nSPS) is 12.9. The average molecular weight is 178 g/mol. The maximum atomic E-state index is 5.91. The summed E-state index contributed by atoms with van der Waals surface area (Å²) in [5.41, 5.74) is 15.3. The lowest BCUT2D eigenvalue weighted by molar-refractivity contribution is 0.725. The fourth-order valence-corrected chi connectivity index (χ4v) is 1.68. The van der Waals surface area contributed by atoms with Crippen LogP contribution in [0.15, 0.2) is 18.2 Å². The van der Waals surface area contributed by atoms with Crippen LogP contribution in [0.5, 0.6) is 0 Å². The van der Waals surface area contributed by atoms with Crippen LogP contribution in [-0.4, -0.2) is 6.54 Å². The van der Waals surface area contributed by atoms with E-state index < -0.39 is 0 Å². The third kappa shape index (κ3) is 2.08. The molecule has 0 fully saturated rings. The van der Waals surface area contributed by atoms with Crippen molar-refractivity contribution in [1.82, 2.24) is 0 Å². The zero-order valence-electron chi connectivity index (χ0n) is 8.38. The van der Waals surface area contributed by atoms with Crippen LogP contribution in [0.2, 0.25) is 0 Å². The van der Waals surface area contributed by atoms with Crippen LogP contribution in [0.25, 0.3) is 0 Å². The molecule has 0 saturated carbocycles. The standard InChI is InChI=1S/C11H18N2/c1-3-9-8(2)5-4-6-10(9)11(13)7-12/h4-6,11H,3,7,12-13H2,1-2H3. The molecule has 1 rings (SSSR count). The van der Waals surface area contributed by atoms with Gasteiger partial charge in [-0.05, 0) is 30.0 Å². The molecule has 72 valence electrons. The number of rotatable bonds is 3. The van der Waals surface area contributed by atoms with E-state index in [0.29, 0.717) is 6.54 Å². The Morgan fingerprint density at radius 3 is 2.62 bits per heavy atom. The molecule has 0 aliphatic carbocycles. The molecule has 0 aliphatic heterocycles. The van der Waals surface area contributed by atoms with Crippen molar-refractivity contribution in [3.8, 4) is 0 Å². The lowest BCUT2D eigenvalue weighted by atomic mass is 9.95. The highest BCUT2D eigenvalue weighted by Gasteiger charge is 2.09. The maximum Gasteiger partial charge on any atom is 0.0422 e. The van der Waals surface area contributed by atoms with Gasteiger partial charge in [0.25, 0.3) is 0 Å². The topological polar surface area (TPSA) is 52.0 Å².